The van der Waals surface area contributed by atoms with E-state index in [1.807, 2.05) is 22.6 Å². The van der Waals surface area contributed by atoms with Gasteiger partial charge in [0.1, 0.15) is 11.6 Å². The summed E-state index contributed by atoms with van der Waals surface area (Å²) in [6.07, 6.45) is 1.02. The van der Waals surface area contributed by atoms with Gasteiger partial charge in [0.25, 0.3) is 0 Å². The van der Waals surface area contributed by atoms with Crippen LogP contribution in [0, 0.1) is 26.4 Å². The molecule has 29 heavy (non-hydrogen) atoms. The van der Waals surface area contributed by atoms with Crippen molar-refractivity contribution in [2.45, 2.75) is 31.8 Å². The van der Waals surface area contributed by atoms with Gasteiger partial charge in [-0.05, 0) is 65.0 Å². The second kappa shape index (κ2) is 9.09. The second-order valence-electron chi connectivity index (χ2n) is 7.53. The van der Waals surface area contributed by atoms with Crippen molar-refractivity contribution in [1.82, 2.24) is 0 Å². The van der Waals surface area contributed by atoms with Crippen LogP contribution < -0.4 is 10.1 Å². The first kappa shape index (κ1) is 22.2. The molecule has 2 aromatic carbocycles. The summed E-state index contributed by atoms with van der Waals surface area (Å²) in [5, 5.41) is 21.8. The zero-order valence-corrected chi connectivity index (χ0v) is 18.1. The Bertz CT molecular complexity index is 890. The molecule has 158 valence electrons. The topological polar surface area (TPSA) is 61.7 Å². The maximum Gasteiger partial charge on any atom is 0.170 e. The van der Waals surface area contributed by atoms with Gasteiger partial charge in [-0.15, -0.1) is 0 Å². The van der Waals surface area contributed by atoms with Crippen LogP contribution in [0.4, 0.5) is 18.9 Å². The lowest BCUT2D eigenvalue weighted by Gasteiger charge is -2.22. The summed E-state index contributed by atoms with van der Waals surface area (Å²) < 4.78 is 49.7. The van der Waals surface area contributed by atoms with Crippen LogP contribution in [0.1, 0.15) is 30.4 Å². The molecule has 8 heteroatoms. The highest BCUT2D eigenvalue weighted by atomic mass is 127. The molecule has 2 aromatic rings. The SMILES string of the molecule is COc1cc(F)c(NCC2(CC(O)CO)CC2)c(Cc2ccc(I)cc2F)c1F. The molecule has 0 heterocycles. The summed E-state index contributed by atoms with van der Waals surface area (Å²) in [7, 11) is 1.25. The third kappa shape index (κ3) is 5.16. The molecular weight excluding hydrogens is 498 g/mol. The molecule has 0 radical (unpaired) electrons. The standard InChI is InChI=1S/C21H23F3INO3/c1-29-18-8-17(23)20(26-11-21(4-5-21)9-14(28)10-27)15(19(18)24)6-12-2-3-13(25)7-16(12)22/h2-3,7-8,14,26-28H,4-6,9-11H2,1H3. The molecule has 3 N–H and O–H groups in total. The van der Waals surface area contributed by atoms with Crippen molar-refractivity contribution in [3.05, 3.63) is 56.4 Å². The molecule has 1 fully saturated rings. The zero-order chi connectivity index (χ0) is 21.2. The molecule has 1 saturated carbocycles. The number of anilines is 1. The lowest BCUT2D eigenvalue weighted by molar-refractivity contribution is 0.0718. The van der Waals surface area contributed by atoms with Crippen LogP contribution in [0.5, 0.6) is 5.75 Å². The Balaban J connectivity index is 1.91. The van der Waals surface area contributed by atoms with Crippen LogP contribution in [0.2, 0.25) is 0 Å². The molecular formula is C21H23F3INO3. The van der Waals surface area contributed by atoms with Gasteiger partial charge >= 0.3 is 0 Å². The van der Waals surface area contributed by atoms with Crippen LogP contribution in [0.15, 0.2) is 24.3 Å². The van der Waals surface area contributed by atoms with Crippen LogP contribution in [0.3, 0.4) is 0 Å². The van der Waals surface area contributed by atoms with Gasteiger partial charge in [-0.3, -0.25) is 0 Å². The maximum absolute atomic E-state index is 15.0. The lowest BCUT2D eigenvalue weighted by Crippen LogP contribution is -2.24. The Hall–Kier alpha value is -1.52. The number of rotatable bonds is 9. The lowest BCUT2D eigenvalue weighted by atomic mass is 9.97. The van der Waals surface area contributed by atoms with Gasteiger partial charge in [-0.2, -0.15) is 0 Å². The van der Waals surface area contributed by atoms with Gasteiger partial charge < -0.3 is 20.3 Å². The summed E-state index contributed by atoms with van der Waals surface area (Å²) in [4.78, 5) is 0. The molecule has 0 aliphatic heterocycles. The van der Waals surface area contributed by atoms with Gasteiger partial charge in [0.05, 0.1) is 25.5 Å². The predicted molar refractivity (Wildman–Crippen MR) is 113 cm³/mol. The molecule has 0 saturated heterocycles. The van der Waals surface area contributed by atoms with Crippen molar-refractivity contribution in [2.24, 2.45) is 5.41 Å². The first-order valence-electron chi connectivity index (χ1n) is 9.30. The number of aliphatic hydroxyl groups excluding tert-OH is 2. The fraction of sp³-hybridized carbons (Fsp3) is 0.429. The number of benzene rings is 2. The molecule has 4 nitrogen and oxygen atoms in total. The van der Waals surface area contributed by atoms with Crippen LogP contribution in [-0.4, -0.2) is 36.6 Å². The molecule has 0 amide bonds. The van der Waals surface area contributed by atoms with E-state index in [4.69, 9.17) is 9.84 Å². The van der Waals surface area contributed by atoms with E-state index in [0.29, 0.717) is 16.5 Å². The fourth-order valence-corrected chi connectivity index (χ4v) is 3.94. The highest BCUT2D eigenvalue weighted by molar-refractivity contribution is 14.1. The Labute approximate surface area is 181 Å². The van der Waals surface area contributed by atoms with Crippen molar-refractivity contribution in [3.8, 4) is 5.75 Å². The first-order valence-corrected chi connectivity index (χ1v) is 10.4. The Morgan fingerprint density at radius 1 is 1.21 bits per heavy atom. The molecule has 0 spiro atoms. The zero-order valence-electron chi connectivity index (χ0n) is 15.9. The molecule has 1 aliphatic carbocycles. The summed E-state index contributed by atoms with van der Waals surface area (Å²) in [5.41, 5.74) is -0.0700. The minimum absolute atomic E-state index is 0.0135. The second-order valence-corrected chi connectivity index (χ2v) is 8.78. The quantitative estimate of drug-likeness (QED) is 0.433. The summed E-state index contributed by atoms with van der Waals surface area (Å²) >= 11 is 1.98. The molecule has 3 rings (SSSR count). The number of hydrogen-bond acceptors (Lipinski definition) is 4. The van der Waals surface area contributed by atoms with Gasteiger partial charge in [0, 0.05) is 28.2 Å². The monoisotopic (exact) mass is 521 g/mol. The van der Waals surface area contributed by atoms with Crippen molar-refractivity contribution >= 4 is 28.3 Å². The van der Waals surface area contributed by atoms with Crippen molar-refractivity contribution in [3.63, 3.8) is 0 Å². The third-order valence-electron chi connectivity index (χ3n) is 5.36. The molecule has 1 unspecified atom stereocenters. The van der Waals surface area contributed by atoms with Crippen LogP contribution in [-0.2, 0) is 6.42 Å². The number of aliphatic hydroxyl groups is 2. The van der Waals surface area contributed by atoms with Crippen molar-refractivity contribution in [1.29, 1.82) is 0 Å². The molecule has 1 aliphatic rings. The Morgan fingerprint density at radius 2 is 1.93 bits per heavy atom. The highest BCUT2D eigenvalue weighted by Gasteiger charge is 2.44. The van der Waals surface area contributed by atoms with Gasteiger partial charge in [-0.25, -0.2) is 13.2 Å². The van der Waals surface area contributed by atoms with Crippen molar-refractivity contribution < 1.29 is 28.1 Å². The largest absolute Gasteiger partial charge is 0.494 e. The van der Waals surface area contributed by atoms with Crippen LogP contribution in [0.25, 0.3) is 0 Å². The average molecular weight is 521 g/mol. The Morgan fingerprint density at radius 3 is 2.52 bits per heavy atom. The normalized spacial score (nSPS) is 15.8. The van der Waals surface area contributed by atoms with E-state index in [2.05, 4.69) is 5.32 Å². The number of methoxy groups -OCH3 is 1. The number of ether oxygens (including phenoxy) is 1. The molecule has 0 aromatic heterocycles. The number of nitrogens with one attached hydrogen (secondary N) is 1. The fourth-order valence-electron chi connectivity index (χ4n) is 3.48. The van der Waals surface area contributed by atoms with E-state index in [9.17, 15) is 18.3 Å². The van der Waals surface area contributed by atoms with E-state index in [-0.39, 0.29) is 41.0 Å². The molecule has 0 bridgehead atoms. The first-order chi connectivity index (χ1) is 13.8. The van der Waals surface area contributed by atoms with Gasteiger partial charge in [-0.1, -0.05) is 6.07 Å². The van der Waals surface area contributed by atoms with E-state index in [1.165, 1.54) is 13.2 Å². The van der Waals surface area contributed by atoms with Crippen LogP contribution >= 0.6 is 22.6 Å². The highest BCUT2D eigenvalue weighted by Crippen LogP contribution is 2.50. The number of halogens is 4. The maximum atomic E-state index is 15.0. The van der Waals surface area contributed by atoms with E-state index in [1.54, 1.807) is 12.1 Å². The van der Waals surface area contributed by atoms with Crippen molar-refractivity contribution in [2.75, 3.05) is 25.6 Å². The minimum Gasteiger partial charge on any atom is -0.494 e. The predicted octanol–water partition coefficient (Wildman–Crippen LogP) is 4.24. The van der Waals surface area contributed by atoms with E-state index >= 15 is 0 Å². The number of hydrogen-bond donors (Lipinski definition) is 3. The summed E-state index contributed by atoms with van der Waals surface area (Å²) in [6, 6.07) is 5.56. The van der Waals surface area contributed by atoms with E-state index in [0.717, 1.165) is 18.9 Å². The Kier molecular flexibility index (Phi) is 6.95. The molecule has 1 atom stereocenters. The van der Waals surface area contributed by atoms with Gasteiger partial charge in [0.2, 0.25) is 0 Å². The third-order valence-corrected chi connectivity index (χ3v) is 6.03. The average Bonchev–Trinajstić information content (AvgIpc) is 3.45. The van der Waals surface area contributed by atoms with Gasteiger partial charge in [0.15, 0.2) is 11.6 Å². The van der Waals surface area contributed by atoms with E-state index < -0.39 is 23.6 Å². The smallest absolute Gasteiger partial charge is 0.170 e. The summed E-state index contributed by atoms with van der Waals surface area (Å²) in [6.45, 7) is -0.0282. The minimum atomic E-state index is -0.850. The summed E-state index contributed by atoms with van der Waals surface area (Å²) in [5.74, 6) is -2.17.